The number of nitrogens with one attached hydrogen (secondary N) is 2. The zero-order valence-electron chi connectivity index (χ0n) is 14.6. The second kappa shape index (κ2) is 8.51. The lowest BCUT2D eigenvalue weighted by Gasteiger charge is -2.22. The number of sulfonamides is 1. The van der Waals surface area contributed by atoms with E-state index in [0.29, 0.717) is 22.9 Å². The maximum absolute atomic E-state index is 12.1. The molecule has 0 spiro atoms. The summed E-state index contributed by atoms with van der Waals surface area (Å²) in [6.45, 7) is 0.537. The second-order valence-corrected chi connectivity index (χ2v) is 9.84. The number of hydrogen-bond donors (Lipinski definition) is 2. The molecule has 25 heavy (non-hydrogen) atoms. The Balaban J connectivity index is 0.00000225. The number of rotatable bonds is 5. The van der Waals surface area contributed by atoms with Crippen LogP contribution in [0.25, 0.3) is 0 Å². The van der Waals surface area contributed by atoms with E-state index < -0.39 is 10.0 Å². The molecule has 3 heterocycles. The van der Waals surface area contributed by atoms with Crippen molar-refractivity contribution in [2.24, 2.45) is 4.99 Å². The molecule has 0 saturated carbocycles. The molecule has 3 unspecified atom stereocenters. The van der Waals surface area contributed by atoms with Crippen molar-refractivity contribution in [1.29, 1.82) is 0 Å². The van der Waals surface area contributed by atoms with Crippen molar-refractivity contribution in [1.82, 2.24) is 14.9 Å². The number of guanidine groups is 1. The normalized spacial score (nSPS) is 25.9. The zero-order valence-corrected chi connectivity index (χ0v) is 18.5. The van der Waals surface area contributed by atoms with Crippen LogP contribution in [0.3, 0.4) is 0 Å². The van der Waals surface area contributed by atoms with Crippen molar-refractivity contribution < 1.29 is 13.2 Å². The van der Waals surface area contributed by atoms with Crippen molar-refractivity contribution in [2.45, 2.75) is 48.3 Å². The van der Waals surface area contributed by atoms with Gasteiger partial charge in [0, 0.05) is 26.0 Å². The number of hydrogen-bond acceptors (Lipinski definition) is 5. The fourth-order valence-electron chi connectivity index (χ4n) is 3.10. The molecule has 0 aliphatic carbocycles. The highest BCUT2D eigenvalue weighted by atomic mass is 127. The number of fused-ring (bicyclic) bond motifs is 2. The number of nitrogens with zero attached hydrogens (tertiary/aromatic N) is 2. The number of aliphatic imine (C=N–C) groups is 1. The standard InChI is InChI=1S/C15H24N4O3S2.HI/c1-16-15(18-12-8-10-4-6-13(12)22-10)17-9-11-5-7-14(23-11)24(20,21)19(2)3;/h5,7,10,12-13H,4,6,8-9H2,1-3H3,(H2,16,17,18);1H. The third-order valence-corrected chi connectivity index (χ3v) is 7.82. The van der Waals surface area contributed by atoms with Gasteiger partial charge in [0.15, 0.2) is 5.96 Å². The molecule has 142 valence electrons. The first-order chi connectivity index (χ1) is 11.4. The van der Waals surface area contributed by atoms with Gasteiger partial charge in [-0.05, 0) is 31.4 Å². The van der Waals surface area contributed by atoms with Gasteiger partial charge in [0.1, 0.15) is 4.21 Å². The second-order valence-electron chi connectivity index (χ2n) is 6.29. The highest BCUT2D eigenvalue weighted by molar-refractivity contribution is 14.0. The molecule has 2 bridgehead atoms. The average molecular weight is 500 g/mol. The fraction of sp³-hybridized carbons (Fsp3) is 0.667. The van der Waals surface area contributed by atoms with E-state index in [-0.39, 0.29) is 30.1 Å². The maximum Gasteiger partial charge on any atom is 0.252 e. The number of ether oxygens (including phenoxy) is 1. The number of halogens is 1. The minimum atomic E-state index is -3.36. The smallest absolute Gasteiger partial charge is 0.252 e. The summed E-state index contributed by atoms with van der Waals surface area (Å²) in [5.74, 6) is 0.724. The molecule has 2 fully saturated rings. The van der Waals surface area contributed by atoms with E-state index >= 15 is 0 Å². The van der Waals surface area contributed by atoms with Gasteiger partial charge in [0.05, 0.1) is 24.8 Å². The van der Waals surface area contributed by atoms with Crippen molar-refractivity contribution in [3.05, 3.63) is 17.0 Å². The third kappa shape index (κ3) is 4.65. The van der Waals surface area contributed by atoms with Gasteiger partial charge in [-0.2, -0.15) is 0 Å². The summed E-state index contributed by atoms with van der Waals surface area (Å²) in [6.07, 6.45) is 3.97. The Kier molecular flexibility index (Phi) is 7.10. The van der Waals surface area contributed by atoms with E-state index in [0.717, 1.165) is 30.1 Å². The van der Waals surface area contributed by atoms with Crippen molar-refractivity contribution in [3.8, 4) is 0 Å². The Morgan fingerprint density at radius 3 is 2.72 bits per heavy atom. The summed E-state index contributed by atoms with van der Waals surface area (Å²) in [5.41, 5.74) is 0. The molecule has 7 nitrogen and oxygen atoms in total. The Bertz CT molecular complexity index is 720. The lowest BCUT2D eigenvalue weighted by atomic mass is 9.96. The van der Waals surface area contributed by atoms with Gasteiger partial charge in [-0.15, -0.1) is 35.3 Å². The van der Waals surface area contributed by atoms with Gasteiger partial charge >= 0.3 is 0 Å². The van der Waals surface area contributed by atoms with Crippen LogP contribution in [0.2, 0.25) is 0 Å². The minimum Gasteiger partial charge on any atom is -0.373 e. The van der Waals surface area contributed by atoms with Crippen LogP contribution in [-0.4, -0.2) is 58.1 Å². The van der Waals surface area contributed by atoms with E-state index in [4.69, 9.17) is 4.74 Å². The molecular weight excluding hydrogens is 475 g/mol. The lowest BCUT2D eigenvalue weighted by molar-refractivity contribution is 0.0992. The van der Waals surface area contributed by atoms with Crippen molar-refractivity contribution in [2.75, 3.05) is 21.1 Å². The molecule has 3 rings (SSSR count). The van der Waals surface area contributed by atoms with Crippen LogP contribution in [0, 0.1) is 0 Å². The third-order valence-electron chi connectivity index (χ3n) is 4.45. The molecule has 1 aromatic heterocycles. The van der Waals surface area contributed by atoms with Gasteiger partial charge in [0.2, 0.25) is 0 Å². The molecule has 0 aromatic carbocycles. The average Bonchev–Trinajstić information content (AvgIpc) is 3.27. The largest absolute Gasteiger partial charge is 0.373 e. The molecule has 2 aliphatic heterocycles. The van der Waals surface area contributed by atoms with Crippen LogP contribution in [0.1, 0.15) is 24.1 Å². The van der Waals surface area contributed by atoms with Crippen LogP contribution < -0.4 is 10.6 Å². The van der Waals surface area contributed by atoms with Crippen LogP contribution >= 0.6 is 35.3 Å². The summed E-state index contributed by atoms with van der Waals surface area (Å²) in [5, 5.41) is 6.67. The summed E-state index contributed by atoms with van der Waals surface area (Å²) >= 11 is 1.28. The summed E-state index contributed by atoms with van der Waals surface area (Å²) in [7, 11) is 1.45. The predicted molar refractivity (Wildman–Crippen MR) is 110 cm³/mol. The van der Waals surface area contributed by atoms with E-state index in [1.807, 2.05) is 6.07 Å². The molecule has 3 atom stereocenters. The van der Waals surface area contributed by atoms with E-state index in [1.54, 1.807) is 13.1 Å². The summed E-state index contributed by atoms with van der Waals surface area (Å²) in [4.78, 5) is 5.20. The van der Waals surface area contributed by atoms with E-state index in [9.17, 15) is 8.42 Å². The van der Waals surface area contributed by atoms with Gasteiger partial charge < -0.3 is 15.4 Å². The summed E-state index contributed by atoms with van der Waals surface area (Å²) < 4.78 is 31.6. The Hall–Kier alpha value is -0.430. The molecule has 2 aliphatic rings. The van der Waals surface area contributed by atoms with Gasteiger partial charge in [-0.3, -0.25) is 4.99 Å². The first-order valence-electron chi connectivity index (χ1n) is 8.04. The van der Waals surface area contributed by atoms with Gasteiger partial charge in [-0.1, -0.05) is 0 Å². The highest BCUT2D eigenvalue weighted by Gasteiger charge is 2.41. The van der Waals surface area contributed by atoms with Crippen LogP contribution in [0.5, 0.6) is 0 Å². The SMILES string of the molecule is CN=C(NCc1ccc(S(=O)(=O)N(C)C)s1)NC1CC2CCC1O2.I. The molecule has 10 heteroatoms. The van der Waals surface area contributed by atoms with Gasteiger partial charge in [-0.25, -0.2) is 12.7 Å². The molecule has 2 saturated heterocycles. The maximum atomic E-state index is 12.1. The topological polar surface area (TPSA) is 83.0 Å². The first-order valence-corrected chi connectivity index (χ1v) is 10.3. The molecule has 0 radical (unpaired) electrons. The van der Waals surface area contributed by atoms with Crippen molar-refractivity contribution in [3.63, 3.8) is 0 Å². The highest BCUT2D eigenvalue weighted by Crippen LogP contribution is 2.34. The fourth-order valence-corrected chi connectivity index (χ4v) is 5.57. The quantitative estimate of drug-likeness (QED) is 0.365. The Morgan fingerprint density at radius 2 is 2.16 bits per heavy atom. The zero-order chi connectivity index (χ0) is 17.3. The molecule has 2 N–H and O–H groups in total. The van der Waals surface area contributed by atoms with Crippen LogP contribution in [0.4, 0.5) is 0 Å². The molecule has 0 amide bonds. The monoisotopic (exact) mass is 500 g/mol. The van der Waals surface area contributed by atoms with Gasteiger partial charge in [0.25, 0.3) is 10.0 Å². The molecule has 1 aromatic rings. The first kappa shape index (κ1) is 20.9. The Morgan fingerprint density at radius 1 is 1.40 bits per heavy atom. The summed E-state index contributed by atoms with van der Waals surface area (Å²) in [6, 6.07) is 3.79. The van der Waals surface area contributed by atoms with Crippen LogP contribution in [-0.2, 0) is 21.3 Å². The minimum absolute atomic E-state index is 0. The van der Waals surface area contributed by atoms with E-state index in [1.165, 1.54) is 29.7 Å². The lowest BCUT2D eigenvalue weighted by Crippen LogP contribution is -2.47. The number of thiophene rings is 1. The van der Waals surface area contributed by atoms with Crippen LogP contribution in [0.15, 0.2) is 21.3 Å². The predicted octanol–water partition coefficient (Wildman–Crippen LogP) is 1.60. The van der Waals surface area contributed by atoms with E-state index in [2.05, 4.69) is 15.6 Å². The molecular formula is C15H25IN4O3S2. The van der Waals surface area contributed by atoms with Crippen molar-refractivity contribution >= 4 is 51.3 Å². The Labute approximate surface area is 170 Å².